The first-order valence-corrected chi connectivity index (χ1v) is 7.30. The van der Waals surface area contributed by atoms with Crippen molar-refractivity contribution in [2.24, 2.45) is 0 Å². The van der Waals surface area contributed by atoms with Crippen LogP contribution >= 0.6 is 11.6 Å². The first-order chi connectivity index (χ1) is 11.8. The molecular weight excluding hydrogens is 363 g/mol. The molecule has 1 N–H and O–H groups in total. The summed E-state index contributed by atoms with van der Waals surface area (Å²) in [6.45, 7) is 0.101. The fourth-order valence-corrected chi connectivity index (χ4v) is 2.13. The van der Waals surface area contributed by atoms with Crippen LogP contribution in [-0.2, 0) is 4.74 Å². The number of rotatable bonds is 6. The van der Waals surface area contributed by atoms with E-state index in [4.69, 9.17) is 16.3 Å². The van der Waals surface area contributed by atoms with Crippen LogP contribution < -0.4 is 10.1 Å². The number of ether oxygens (including phenoxy) is 2. The van der Waals surface area contributed by atoms with Gasteiger partial charge in [0.25, 0.3) is 5.91 Å². The second kappa shape index (κ2) is 8.13. The molecule has 0 aliphatic heterocycles. The number of benzene rings is 1. The monoisotopic (exact) mass is 375 g/mol. The van der Waals surface area contributed by atoms with Gasteiger partial charge in [-0.05, 0) is 35.4 Å². The average Bonchev–Trinajstić information content (AvgIpc) is 2.53. The zero-order valence-corrected chi connectivity index (χ0v) is 13.6. The highest BCUT2D eigenvalue weighted by atomic mass is 35.5. The van der Waals surface area contributed by atoms with Crippen molar-refractivity contribution in [1.82, 2.24) is 15.3 Å². The Morgan fingerprint density at radius 1 is 1.28 bits per heavy atom. The van der Waals surface area contributed by atoms with Gasteiger partial charge in [-0.2, -0.15) is 0 Å². The van der Waals surface area contributed by atoms with Gasteiger partial charge in [-0.15, -0.1) is 13.2 Å². The van der Waals surface area contributed by atoms with Crippen LogP contribution in [0.2, 0.25) is 5.28 Å². The molecule has 134 valence electrons. The van der Waals surface area contributed by atoms with Gasteiger partial charge < -0.3 is 14.8 Å². The van der Waals surface area contributed by atoms with Crippen molar-refractivity contribution in [1.29, 1.82) is 0 Å². The summed E-state index contributed by atoms with van der Waals surface area (Å²) < 4.78 is 45.4. The van der Waals surface area contributed by atoms with E-state index in [-0.39, 0.29) is 23.3 Å². The highest BCUT2D eigenvalue weighted by Gasteiger charge is 2.31. The number of carbonyl (C=O) groups is 1. The molecule has 2 aromatic rings. The highest BCUT2D eigenvalue weighted by molar-refractivity contribution is 6.28. The molecule has 0 spiro atoms. The van der Waals surface area contributed by atoms with Crippen molar-refractivity contribution in [2.45, 2.75) is 12.4 Å². The highest BCUT2D eigenvalue weighted by Crippen LogP contribution is 2.24. The lowest BCUT2D eigenvalue weighted by Crippen LogP contribution is -2.32. The van der Waals surface area contributed by atoms with E-state index in [1.54, 1.807) is 0 Å². The molecule has 0 fully saturated rings. The molecule has 25 heavy (non-hydrogen) atoms. The van der Waals surface area contributed by atoms with Gasteiger partial charge in [0.1, 0.15) is 11.4 Å². The zero-order chi connectivity index (χ0) is 18.4. The van der Waals surface area contributed by atoms with Crippen molar-refractivity contribution < 1.29 is 27.4 Å². The molecule has 0 bridgehead atoms. The molecule has 1 atom stereocenters. The Labute approximate surface area is 145 Å². The molecule has 1 heterocycles. The van der Waals surface area contributed by atoms with Gasteiger partial charge in [0.05, 0.1) is 12.6 Å². The van der Waals surface area contributed by atoms with E-state index in [1.807, 2.05) is 0 Å². The Bertz CT molecular complexity index is 726. The lowest BCUT2D eigenvalue weighted by Gasteiger charge is -2.19. The first kappa shape index (κ1) is 18.9. The fraction of sp³-hybridized carbons (Fsp3) is 0.267. The van der Waals surface area contributed by atoms with Crippen molar-refractivity contribution in [3.8, 4) is 5.75 Å². The Hall–Kier alpha value is -2.39. The average molecular weight is 376 g/mol. The Morgan fingerprint density at radius 2 is 1.96 bits per heavy atom. The minimum atomic E-state index is -4.77. The normalized spacial score (nSPS) is 12.5. The molecule has 0 aliphatic rings. The summed E-state index contributed by atoms with van der Waals surface area (Å²) in [5.41, 5.74) is 0.586. The molecule has 0 radical (unpaired) electrons. The predicted octanol–water partition coefficient (Wildman–Crippen LogP) is 3.15. The van der Waals surface area contributed by atoms with Gasteiger partial charge in [0.15, 0.2) is 0 Å². The van der Waals surface area contributed by atoms with Crippen LogP contribution in [0.15, 0.2) is 36.5 Å². The standard InChI is InChI=1S/C15H13ClF3N3O3/c1-24-8-12(21-13(23)11-6-7-20-14(16)22-11)9-2-4-10(5-3-9)25-15(17,18)19/h2-7,12H,8H2,1H3,(H,21,23). The number of halogens is 4. The molecule has 0 saturated heterocycles. The first-order valence-electron chi connectivity index (χ1n) is 6.92. The third-order valence-corrected chi connectivity index (χ3v) is 3.20. The van der Waals surface area contributed by atoms with Crippen LogP contribution in [0.3, 0.4) is 0 Å². The Kier molecular flexibility index (Phi) is 6.16. The van der Waals surface area contributed by atoms with Gasteiger partial charge in [0, 0.05) is 13.3 Å². The summed E-state index contributed by atoms with van der Waals surface area (Å²) in [6, 6.07) is 5.88. The number of alkyl halides is 3. The smallest absolute Gasteiger partial charge is 0.406 e. The van der Waals surface area contributed by atoms with Gasteiger partial charge in [-0.25, -0.2) is 9.97 Å². The second-order valence-corrected chi connectivity index (χ2v) is 5.15. The largest absolute Gasteiger partial charge is 0.573 e. The molecule has 1 unspecified atom stereocenters. The van der Waals surface area contributed by atoms with Crippen molar-refractivity contribution in [3.05, 3.63) is 53.1 Å². The van der Waals surface area contributed by atoms with E-state index in [9.17, 15) is 18.0 Å². The molecule has 6 nitrogen and oxygen atoms in total. The van der Waals surface area contributed by atoms with Crippen LogP contribution in [0.1, 0.15) is 22.1 Å². The minimum Gasteiger partial charge on any atom is -0.406 e. The maximum Gasteiger partial charge on any atom is 0.573 e. The lowest BCUT2D eigenvalue weighted by atomic mass is 10.1. The number of hydrogen-bond acceptors (Lipinski definition) is 5. The van der Waals surface area contributed by atoms with E-state index < -0.39 is 18.3 Å². The summed E-state index contributed by atoms with van der Waals surface area (Å²) in [5, 5.41) is 2.59. The maximum atomic E-state index is 12.2. The van der Waals surface area contributed by atoms with Gasteiger partial charge in [0.2, 0.25) is 5.28 Å². The third-order valence-electron chi connectivity index (χ3n) is 3.01. The van der Waals surface area contributed by atoms with Crippen molar-refractivity contribution >= 4 is 17.5 Å². The minimum absolute atomic E-state index is 0.0538. The van der Waals surface area contributed by atoms with Crippen molar-refractivity contribution in [3.63, 3.8) is 0 Å². The second-order valence-electron chi connectivity index (χ2n) is 4.81. The van der Waals surface area contributed by atoms with Crippen LogP contribution in [0.4, 0.5) is 13.2 Å². The van der Waals surface area contributed by atoms with Gasteiger partial charge >= 0.3 is 6.36 Å². The number of methoxy groups -OCH3 is 1. The van der Waals surface area contributed by atoms with Crippen LogP contribution in [-0.4, -0.2) is 36.0 Å². The Morgan fingerprint density at radius 3 is 2.52 bits per heavy atom. The molecule has 1 aromatic heterocycles. The number of nitrogens with zero attached hydrogens (tertiary/aromatic N) is 2. The summed E-state index contributed by atoms with van der Waals surface area (Å²) in [5.74, 6) is -0.886. The van der Waals surface area contributed by atoms with E-state index >= 15 is 0 Å². The summed E-state index contributed by atoms with van der Waals surface area (Å²) in [6.07, 6.45) is -3.44. The van der Waals surface area contributed by atoms with Gasteiger partial charge in [-0.1, -0.05) is 12.1 Å². The quantitative estimate of drug-likeness (QED) is 0.785. The number of amides is 1. The van der Waals surface area contributed by atoms with E-state index in [0.29, 0.717) is 5.56 Å². The predicted molar refractivity (Wildman–Crippen MR) is 82.3 cm³/mol. The van der Waals surface area contributed by atoms with Crippen LogP contribution in [0.25, 0.3) is 0 Å². The molecular formula is C15H13ClF3N3O3. The topological polar surface area (TPSA) is 73.3 Å². The molecule has 1 amide bonds. The van der Waals surface area contributed by atoms with E-state index in [0.717, 1.165) is 12.1 Å². The summed E-state index contributed by atoms with van der Waals surface area (Å²) >= 11 is 5.64. The number of hydrogen-bond donors (Lipinski definition) is 1. The number of aromatic nitrogens is 2. The number of nitrogens with one attached hydrogen (secondary N) is 1. The SMILES string of the molecule is COCC(NC(=O)c1ccnc(Cl)n1)c1ccc(OC(F)(F)F)cc1. The number of carbonyl (C=O) groups excluding carboxylic acids is 1. The molecule has 0 saturated carbocycles. The van der Waals surface area contributed by atoms with Gasteiger partial charge in [-0.3, -0.25) is 4.79 Å². The van der Waals surface area contributed by atoms with Crippen LogP contribution in [0.5, 0.6) is 5.75 Å². The summed E-state index contributed by atoms with van der Waals surface area (Å²) in [4.78, 5) is 19.7. The molecule has 10 heteroatoms. The molecule has 2 rings (SSSR count). The fourth-order valence-electron chi connectivity index (χ4n) is 1.98. The third kappa shape index (κ3) is 5.87. The van der Waals surface area contributed by atoms with E-state index in [2.05, 4.69) is 20.0 Å². The maximum absolute atomic E-state index is 12.2. The van der Waals surface area contributed by atoms with E-state index in [1.165, 1.54) is 31.5 Å². The van der Waals surface area contributed by atoms with Crippen LogP contribution in [0, 0.1) is 0 Å². The molecule has 1 aromatic carbocycles. The zero-order valence-electron chi connectivity index (χ0n) is 12.9. The van der Waals surface area contributed by atoms with Crippen molar-refractivity contribution in [2.75, 3.05) is 13.7 Å². The molecule has 0 aliphatic carbocycles. The summed E-state index contributed by atoms with van der Waals surface area (Å²) in [7, 11) is 1.43. The Balaban J connectivity index is 2.13. The lowest BCUT2D eigenvalue weighted by molar-refractivity contribution is -0.274.